The first kappa shape index (κ1) is 9.03. The molecule has 4 N–H and O–H groups in total. The third-order valence-electron chi connectivity index (χ3n) is 2.51. The Balaban J connectivity index is 2.28. The summed E-state index contributed by atoms with van der Waals surface area (Å²) in [4.78, 5) is 0. The van der Waals surface area contributed by atoms with Crippen molar-refractivity contribution < 1.29 is 0 Å². The van der Waals surface area contributed by atoms with Crippen LogP contribution in [0.2, 0.25) is 0 Å². The fourth-order valence-corrected chi connectivity index (χ4v) is 2.18. The summed E-state index contributed by atoms with van der Waals surface area (Å²) in [6.45, 7) is 0. The Morgan fingerprint density at radius 1 is 1.38 bits per heavy atom. The quantitative estimate of drug-likeness (QED) is 0.781. The number of halogens is 1. The number of hydrogen-bond donors (Lipinski definition) is 2. The van der Waals surface area contributed by atoms with Gasteiger partial charge in [-0.2, -0.15) is 0 Å². The lowest BCUT2D eigenvalue weighted by Gasteiger charge is -2.12. The van der Waals surface area contributed by atoms with Crippen molar-refractivity contribution in [3.05, 3.63) is 28.2 Å². The van der Waals surface area contributed by atoms with Crippen molar-refractivity contribution in [2.75, 3.05) is 5.73 Å². The molecule has 1 aliphatic carbocycles. The SMILES string of the molecule is Nc1ccc([C@@H](N)C2CC2)c(Br)c1. The molecule has 0 spiro atoms. The van der Waals surface area contributed by atoms with Gasteiger partial charge in [0.25, 0.3) is 0 Å². The average molecular weight is 241 g/mol. The maximum Gasteiger partial charge on any atom is 0.0334 e. The molecule has 0 aromatic heterocycles. The van der Waals surface area contributed by atoms with E-state index < -0.39 is 0 Å². The third kappa shape index (κ3) is 1.86. The van der Waals surface area contributed by atoms with Crippen molar-refractivity contribution in [3.8, 4) is 0 Å². The Bertz CT molecular complexity index is 321. The monoisotopic (exact) mass is 240 g/mol. The first-order valence-electron chi connectivity index (χ1n) is 4.49. The van der Waals surface area contributed by atoms with Crippen LogP contribution in [-0.2, 0) is 0 Å². The highest BCUT2D eigenvalue weighted by molar-refractivity contribution is 9.10. The maximum atomic E-state index is 6.08. The Kier molecular flexibility index (Phi) is 2.30. The second-order valence-electron chi connectivity index (χ2n) is 3.64. The summed E-state index contributed by atoms with van der Waals surface area (Å²) >= 11 is 3.48. The topological polar surface area (TPSA) is 52.0 Å². The summed E-state index contributed by atoms with van der Waals surface area (Å²) in [5.74, 6) is 0.680. The van der Waals surface area contributed by atoms with Gasteiger partial charge in [0.1, 0.15) is 0 Å². The van der Waals surface area contributed by atoms with Gasteiger partial charge in [-0.15, -0.1) is 0 Å². The van der Waals surface area contributed by atoms with E-state index in [0.29, 0.717) is 5.92 Å². The van der Waals surface area contributed by atoms with Gasteiger partial charge >= 0.3 is 0 Å². The lowest BCUT2D eigenvalue weighted by atomic mass is 10.0. The summed E-state index contributed by atoms with van der Waals surface area (Å²) in [6.07, 6.45) is 2.52. The van der Waals surface area contributed by atoms with Gasteiger partial charge in [0.15, 0.2) is 0 Å². The first-order valence-corrected chi connectivity index (χ1v) is 5.28. The van der Waals surface area contributed by atoms with Crippen LogP contribution in [0.25, 0.3) is 0 Å². The van der Waals surface area contributed by atoms with Crippen molar-refractivity contribution in [1.29, 1.82) is 0 Å². The van der Waals surface area contributed by atoms with E-state index in [2.05, 4.69) is 15.9 Å². The summed E-state index contributed by atoms with van der Waals surface area (Å²) in [7, 11) is 0. The molecule has 13 heavy (non-hydrogen) atoms. The number of nitrogens with two attached hydrogens (primary N) is 2. The van der Waals surface area contributed by atoms with Crippen LogP contribution in [0.5, 0.6) is 0 Å². The van der Waals surface area contributed by atoms with Gasteiger partial charge < -0.3 is 11.5 Å². The molecule has 1 saturated carbocycles. The van der Waals surface area contributed by atoms with E-state index in [1.807, 2.05) is 18.2 Å². The molecule has 0 heterocycles. The van der Waals surface area contributed by atoms with Crippen LogP contribution in [0.15, 0.2) is 22.7 Å². The zero-order valence-corrected chi connectivity index (χ0v) is 8.92. The normalized spacial score (nSPS) is 18.6. The van der Waals surface area contributed by atoms with Crippen LogP contribution in [0.1, 0.15) is 24.4 Å². The molecule has 2 rings (SSSR count). The fourth-order valence-electron chi connectivity index (χ4n) is 1.52. The van der Waals surface area contributed by atoms with Gasteiger partial charge in [0.05, 0.1) is 0 Å². The average Bonchev–Trinajstić information content (AvgIpc) is 2.85. The maximum absolute atomic E-state index is 6.08. The molecule has 1 aromatic rings. The molecular formula is C10H13BrN2. The summed E-state index contributed by atoms with van der Waals surface area (Å²) in [5, 5.41) is 0. The third-order valence-corrected chi connectivity index (χ3v) is 3.20. The minimum Gasteiger partial charge on any atom is -0.399 e. The molecule has 2 nitrogen and oxygen atoms in total. The summed E-state index contributed by atoms with van der Waals surface area (Å²) in [5.41, 5.74) is 13.7. The molecule has 0 amide bonds. The Labute approximate surface area is 86.4 Å². The molecule has 1 aliphatic rings. The molecular weight excluding hydrogens is 228 g/mol. The van der Waals surface area contributed by atoms with E-state index in [-0.39, 0.29) is 6.04 Å². The Hall–Kier alpha value is -0.540. The van der Waals surface area contributed by atoms with E-state index >= 15 is 0 Å². The number of rotatable bonds is 2. The molecule has 0 bridgehead atoms. The van der Waals surface area contributed by atoms with E-state index in [0.717, 1.165) is 10.2 Å². The standard InChI is InChI=1S/C10H13BrN2/c11-9-5-7(12)3-4-8(9)10(13)6-1-2-6/h3-6,10H,1-2,12-13H2/t10-/m0/s1. The smallest absolute Gasteiger partial charge is 0.0334 e. The Morgan fingerprint density at radius 3 is 2.62 bits per heavy atom. The van der Waals surface area contributed by atoms with Gasteiger partial charge in [-0.3, -0.25) is 0 Å². The van der Waals surface area contributed by atoms with Crippen LogP contribution in [0.4, 0.5) is 5.69 Å². The van der Waals surface area contributed by atoms with Gasteiger partial charge in [-0.1, -0.05) is 22.0 Å². The summed E-state index contributed by atoms with van der Waals surface area (Å²) < 4.78 is 1.03. The largest absolute Gasteiger partial charge is 0.399 e. The van der Waals surface area contributed by atoms with Crippen LogP contribution in [-0.4, -0.2) is 0 Å². The molecule has 0 radical (unpaired) electrons. The zero-order chi connectivity index (χ0) is 9.42. The molecule has 1 aromatic carbocycles. The van der Waals surface area contributed by atoms with Crippen molar-refractivity contribution in [1.82, 2.24) is 0 Å². The number of nitrogen functional groups attached to an aromatic ring is 1. The molecule has 1 fully saturated rings. The predicted molar refractivity (Wildman–Crippen MR) is 58.2 cm³/mol. The summed E-state index contributed by atoms with van der Waals surface area (Å²) in [6, 6.07) is 6.01. The van der Waals surface area contributed by atoms with Crippen molar-refractivity contribution >= 4 is 21.6 Å². The van der Waals surface area contributed by atoms with Gasteiger partial charge in [0, 0.05) is 16.2 Å². The van der Waals surface area contributed by atoms with Gasteiger partial charge in [0.2, 0.25) is 0 Å². The fraction of sp³-hybridized carbons (Fsp3) is 0.400. The van der Waals surface area contributed by atoms with Gasteiger partial charge in [-0.25, -0.2) is 0 Å². The van der Waals surface area contributed by atoms with Crippen LogP contribution < -0.4 is 11.5 Å². The van der Waals surface area contributed by atoms with Crippen molar-refractivity contribution in [3.63, 3.8) is 0 Å². The first-order chi connectivity index (χ1) is 6.18. The molecule has 1 atom stereocenters. The molecule has 0 saturated heterocycles. The number of benzene rings is 1. The molecule has 0 unspecified atom stereocenters. The highest BCUT2D eigenvalue weighted by Gasteiger charge is 2.30. The Morgan fingerprint density at radius 2 is 2.08 bits per heavy atom. The minimum atomic E-state index is 0.176. The van der Waals surface area contributed by atoms with Crippen LogP contribution >= 0.6 is 15.9 Å². The number of anilines is 1. The van der Waals surface area contributed by atoms with Gasteiger partial charge in [-0.05, 0) is 36.5 Å². The van der Waals surface area contributed by atoms with Crippen LogP contribution in [0.3, 0.4) is 0 Å². The molecule has 3 heteroatoms. The van der Waals surface area contributed by atoms with Crippen molar-refractivity contribution in [2.45, 2.75) is 18.9 Å². The van der Waals surface area contributed by atoms with E-state index in [9.17, 15) is 0 Å². The minimum absolute atomic E-state index is 0.176. The highest BCUT2D eigenvalue weighted by Crippen LogP contribution is 2.41. The van der Waals surface area contributed by atoms with E-state index in [1.54, 1.807) is 0 Å². The zero-order valence-electron chi connectivity index (χ0n) is 7.33. The van der Waals surface area contributed by atoms with Crippen LogP contribution in [0, 0.1) is 5.92 Å². The predicted octanol–water partition coefficient (Wildman–Crippen LogP) is 2.44. The van der Waals surface area contributed by atoms with E-state index in [1.165, 1.54) is 18.4 Å². The second kappa shape index (κ2) is 3.31. The molecule has 70 valence electrons. The molecule has 0 aliphatic heterocycles. The lowest BCUT2D eigenvalue weighted by molar-refractivity contribution is 0.631. The second-order valence-corrected chi connectivity index (χ2v) is 4.50. The number of hydrogen-bond acceptors (Lipinski definition) is 2. The van der Waals surface area contributed by atoms with E-state index in [4.69, 9.17) is 11.5 Å². The highest BCUT2D eigenvalue weighted by atomic mass is 79.9. The lowest BCUT2D eigenvalue weighted by Crippen LogP contribution is -2.12. The van der Waals surface area contributed by atoms with Crippen molar-refractivity contribution in [2.24, 2.45) is 11.7 Å².